The monoisotopic (exact) mass is 426 g/mol. The quantitative estimate of drug-likeness (QED) is 0.739. The average Bonchev–Trinajstić information content (AvgIpc) is 2.84. The van der Waals surface area contributed by atoms with Crippen LogP contribution < -0.4 is 15.0 Å². The molecule has 164 valence electrons. The molecule has 1 unspecified atom stereocenters. The maximum atomic E-state index is 13.2. The average molecular weight is 426 g/mol. The maximum Gasteiger partial charge on any atom is 0.408 e. The van der Waals surface area contributed by atoms with E-state index in [1.165, 1.54) is 4.90 Å². The van der Waals surface area contributed by atoms with Gasteiger partial charge in [-0.1, -0.05) is 42.5 Å². The number of nitrogens with one attached hydrogen (secondary N) is 1. The van der Waals surface area contributed by atoms with Gasteiger partial charge in [-0.2, -0.15) is 0 Å². The first-order valence-electron chi connectivity index (χ1n) is 9.95. The molecule has 3 rings (SSSR count). The minimum Gasteiger partial charge on any atom is -0.489 e. The van der Waals surface area contributed by atoms with Crippen LogP contribution in [0.1, 0.15) is 26.3 Å². The number of para-hydroxylation sites is 2. The number of alkyl carbamates (subject to hydrolysis) is 1. The highest BCUT2D eigenvalue weighted by molar-refractivity contribution is 6.03. The fraction of sp³-hybridized carbons (Fsp3) is 0.348. The number of rotatable bonds is 5. The van der Waals surface area contributed by atoms with Crippen molar-refractivity contribution in [2.24, 2.45) is 0 Å². The van der Waals surface area contributed by atoms with Gasteiger partial charge in [0.15, 0.2) is 0 Å². The second kappa shape index (κ2) is 9.51. The highest BCUT2D eigenvalue weighted by Gasteiger charge is 2.35. The molecule has 1 N–H and O–H groups in total. The minimum atomic E-state index is -1.03. The molecule has 1 heterocycles. The molecule has 0 radical (unpaired) electrons. The Kier molecular flexibility index (Phi) is 6.79. The summed E-state index contributed by atoms with van der Waals surface area (Å²) >= 11 is 0. The summed E-state index contributed by atoms with van der Waals surface area (Å²) in [7, 11) is 0. The Balaban J connectivity index is 1.72. The predicted octanol–water partition coefficient (Wildman–Crippen LogP) is 3.05. The van der Waals surface area contributed by atoms with Crippen molar-refractivity contribution in [2.75, 3.05) is 18.1 Å². The molecule has 0 aromatic heterocycles. The van der Waals surface area contributed by atoms with E-state index in [-0.39, 0.29) is 19.8 Å². The van der Waals surface area contributed by atoms with Crippen LogP contribution in [-0.4, -0.2) is 42.8 Å². The zero-order valence-electron chi connectivity index (χ0n) is 17.8. The molecule has 0 saturated carbocycles. The summed E-state index contributed by atoms with van der Waals surface area (Å²) in [6.07, 6.45) is -0.756. The molecule has 2 aromatic rings. The van der Waals surface area contributed by atoms with E-state index >= 15 is 0 Å². The number of anilines is 1. The van der Waals surface area contributed by atoms with Gasteiger partial charge in [-0.3, -0.25) is 14.5 Å². The first-order valence-corrected chi connectivity index (χ1v) is 9.95. The molecular formula is C23H26N2O6. The molecule has 0 fully saturated rings. The van der Waals surface area contributed by atoms with Gasteiger partial charge in [0.05, 0.1) is 5.69 Å². The van der Waals surface area contributed by atoms with Crippen LogP contribution in [0.5, 0.6) is 5.75 Å². The number of hydrogen-bond acceptors (Lipinski definition) is 6. The Labute approximate surface area is 181 Å². The Hall–Kier alpha value is -3.55. The van der Waals surface area contributed by atoms with Crippen molar-refractivity contribution in [3.63, 3.8) is 0 Å². The highest BCUT2D eigenvalue weighted by Crippen LogP contribution is 2.31. The third kappa shape index (κ3) is 6.21. The first kappa shape index (κ1) is 22.1. The first-order chi connectivity index (χ1) is 14.7. The van der Waals surface area contributed by atoms with Crippen molar-refractivity contribution in [1.82, 2.24) is 5.32 Å². The molecule has 1 atom stereocenters. The van der Waals surface area contributed by atoms with E-state index in [1.54, 1.807) is 45.0 Å². The van der Waals surface area contributed by atoms with Crippen molar-refractivity contribution in [2.45, 2.75) is 39.0 Å². The highest BCUT2D eigenvalue weighted by atomic mass is 16.6. The van der Waals surface area contributed by atoms with E-state index in [0.717, 1.165) is 5.56 Å². The van der Waals surface area contributed by atoms with E-state index in [4.69, 9.17) is 14.2 Å². The Morgan fingerprint density at radius 1 is 1.10 bits per heavy atom. The summed E-state index contributed by atoms with van der Waals surface area (Å²) in [6, 6.07) is 15.0. The van der Waals surface area contributed by atoms with Gasteiger partial charge in [0.25, 0.3) is 5.91 Å². The van der Waals surface area contributed by atoms with Crippen LogP contribution in [0.15, 0.2) is 54.6 Å². The fourth-order valence-electron chi connectivity index (χ4n) is 3.03. The molecule has 0 spiro atoms. The Morgan fingerprint density at radius 3 is 2.48 bits per heavy atom. The minimum absolute atomic E-state index is 0.0658. The molecule has 1 aliphatic rings. The van der Waals surface area contributed by atoms with Crippen LogP contribution >= 0.6 is 0 Å². The molecule has 2 amide bonds. The van der Waals surface area contributed by atoms with Crippen molar-refractivity contribution in [1.29, 1.82) is 0 Å². The van der Waals surface area contributed by atoms with Gasteiger partial charge in [-0.15, -0.1) is 0 Å². The van der Waals surface area contributed by atoms with Crippen molar-refractivity contribution < 1.29 is 28.6 Å². The molecule has 31 heavy (non-hydrogen) atoms. The summed E-state index contributed by atoms with van der Waals surface area (Å²) in [5, 5.41) is 2.54. The van der Waals surface area contributed by atoms with Gasteiger partial charge in [0.1, 0.15) is 37.2 Å². The third-order valence-electron chi connectivity index (χ3n) is 4.34. The number of benzene rings is 2. The number of hydrogen-bond donors (Lipinski definition) is 1. The SMILES string of the molecule is CC(C)(C)OC(=O)CN1C(=O)C(NC(=O)OCc2ccccc2)COc2ccccc21. The van der Waals surface area contributed by atoms with Crippen LogP contribution in [0, 0.1) is 0 Å². The van der Waals surface area contributed by atoms with Crippen molar-refractivity contribution >= 4 is 23.7 Å². The predicted molar refractivity (Wildman–Crippen MR) is 114 cm³/mol. The zero-order chi connectivity index (χ0) is 22.4. The van der Waals surface area contributed by atoms with Crippen LogP contribution in [0.4, 0.5) is 10.5 Å². The van der Waals surface area contributed by atoms with Crippen LogP contribution in [0.25, 0.3) is 0 Å². The van der Waals surface area contributed by atoms with Gasteiger partial charge in [-0.25, -0.2) is 4.79 Å². The zero-order valence-corrected chi connectivity index (χ0v) is 17.8. The fourth-order valence-corrected chi connectivity index (χ4v) is 3.03. The van der Waals surface area contributed by atoms with Gasteiger partial charge in [0.2, 0.25) is 0 Å². The largest absolute Gasteiger partial charge is 0.489 e. The number of carbonyl (C=O) groups is 3. The van der Waals surface area contributed by atoms with E-state index in [1.807, 2.05) is 30.3 Å². The van der Waals surface area contributed by atoms with Gasteiger partial charge in [0, 0.05) is 0 Å². The van der Waals surface area contributed by atoms with Crippen LogP contribution in [-0.2, 0) is 25.7 Å². The Morgan fingerprint density at radius 2 is 1.77 bits per heavy atom. The van der Waals surface area contributed by atoms with Gasteiger partial charge >= 0.3 is 12.1 Å². The summed E-state index contributed by atoms with van der Waals surface area (Å²) < 4.78 is 16.3. The summed E-state index contributed by atoms with van der Waals surface area (Å²) in [5.74, 6) is -0.628. The third-order valence-corrected chi connectivity index (χ3v) is 4.34. The molecule has 2 aromatic carbocycles. The summed E-state index contributed by atoms with van der Waals surface area (Å²) in [4.78, 5) is 39.1. The molecule has 0 saturated heterocycles. The molecule has 0 aliphatic carbocycles. The molecule has 8 heteroatoms. The van der Waals surface area contributed by atoms with E-state index < -0.39 is 29.6 Å². The molecular weight excluding hydrogens is 400 g/mol. The summed E-state index contributed by atoms with van der Waals surface area (Å²) in [5.41, 5.74) is 0.557. The lowest BCUT2D eigenvalue weighted by atomic mass is 10.2. The standard InChI is InChI=1S/C23H26N2O6/c1-23(2,3)31-20(26)13-25-18-11-7-8-12-19(18)29-15-17(21(25)27)24-22(28)30-14-16-9-5-4-6-10-16/h4-12,17H,13-15H2,1-3H3,(H,24,28). The lowest BCUT2D eigenvalue weighted by Gasteiger charge is -2.26. The second-order valence-electron chi connectivity index (χ2n) is 8.05. The second-order valence-corrected chi connectivity index (χ2v) is 8.05. The number of amides is 2. The van der Waals surface area contributed by atoms with E-state index in [0.29, 0.717) is 11.4 Å². The van der Waals surface area contributed by atoms with Gasteiger partial charge < -0.3 is 19.5 Å². The number of esters is 1. The van der Waals surface area contributed by atoms with Crippen molar-refractivity contribution in [3.8, 4) is 5.75 Å². The van der Waals surface area contributed by atoms with Gasteiger partial charge in [-0.05, 0) is 38.5 Å². The number of carbonyl (C=O) groups excluding carboxylic acids is 3. The van der Waals surface area contributed by atoms with Crippen LogP contribution in [0.2, 0.25) is 0 Å². The topological polar surface area (TPSA) is 94.2 Å². The van der Waals surface area contributed by atoms with Crippen molar-refractivity contribution in [3.05, 3.63) is 60.2 Å². The normalized spacial score (nSPS) is 15.9. The number of ether oxygens (including phenoxy) is 3. The molecule has 8 nitrogen and oxygen atoms in total. The summed E-state index contributed by atoms with van der Waals surface area (Å²) in [6.45, 7) is 4.91. The lowest BCUT2D eigenvalue weighted by Crippen LogP contribution is -2.52. The lowest BCUT2D eigenvalue weighted by molar-refractivity contribution is -0.153. The molecule has 0 bridgehead atoms. The smallest absolute Gasteiger partial charge is 0.408 e. The molecule has 1 aliphatic heterocycles. The van der Waals surface area contributed by atoms with Crippen LogP contribution in [0.3, 0.4) is 0 Å². The van der Waals surface area contributed by atoms with E-state index in [9.17, 15) is 14.4 Å². The number of nitrogens with zero attached hydrogens (tertiary/aromatic N) is 1. The number of fused-ring (bicyclic) bond motifs is 1. The Bertz CT molecular complexity index is 939. The maximum absolute atomic E-state index is 13.2. The van der Waals surface area contributed by atoms with E-state index in [2.05, 4.69) is 5.32 Å².